The van der Waals surface area contributed by atoms with Gasteiger partial charge in [-0.1, -0.05) is 0 Å². The summed E-state index contributed by atoms with van der Waals surface area (Å²) in [6.07, 6.45) is 1.36. The lowest BCUT2D eigenvalue weighted by Crippen LogP contribution is -2.15. The molecule has 3 N–H and O–H groups in total. The van der Waals surface area contributed by atoms with Gasteiger partial charge in [0.2, 0.25) is 0 Å². The summed E-state index contributed by atoms with van der Waals surface area (Å²) in [6.45, 7) is 3.57. The summed E-state index contributed by atoms with van der Waals surface area (Å²) in [7, 11) is -2.15. The normalized spacial score (nSPS) is 11.5. The zero-order valence-electron chi connectivity index (χ0n) is 10.9. The van der Waals surface area contributed by atoms with Crippen LogP contribution < -0.4 is 10.5 Å². The minimum Gasteiger partial charge on any atom is -0.381 e. The standard InChI is InChI=1S/C11H15N5O2S/c1-7-4-5-9(8(2)13-7)15-19(17,18)10-6-16(3)14-11(10)12/h4-6,15H,1-3H3,(H2,12,14). The Morgan fingerprint density at radius 2 is 2.00 bits per heavy atom. The van der Waals surface area contributed by atoms with Crippen molar-refractivity contribution in [1.29, 1.82) is 0 Å². The first-order valence-corrected chi connectivity index (χ1v) is 7.04. The molecule has 0 aliphatic rings. The van der Waals surface area contributed by atoms with Crippen LogP contribution in [0.2, 0.25) is 0 Å². The van der Waals surface area contributed by atoms with Gasteiger partial charge in [-0.2, -0.15) is 5.10 Å². The quantitative estimate of drug-likeness (QED) is 0.866. The molecule has 0 unspecified atom stereocenters. The number of pyridine rings is 1. The molecule has 7 nitrogen and oxygen atoms in total. The van der Waals surface area contributed by atoms with Gasteiger partial charge in [0.05, 0.1) is 11.4 Å². The van der Waals surface area contributed by atoms with E-state index in [4.69, 9.17) is 5.73 Å². The van der Waals surface area contributed by atoms with Gasteiger partial charge in [0.15, 0.2) is 5.82 Å². The first kappa shape index (κ1) is 13.3. The SMILES string of the molecule is Cc1ccc(NS(=O)(=O)c2cn(C)nc2N)c(C)n1. The molecule has 0 fully saturated rings. The molecule has 2 aromatic rings. The van der Waals surface area contributed by atoms with Crippen LogP contribution in [-0.4, -0.2) is 23.2 Å². The number of nitrogens with zero attached hydrogens (tertiary/aromatic N) is 3. The lowest BCUT2D eigenvalue weighted by molar-refractivity contribution is 0.601. The number of nitrogens with two attached hydrogens (primary N) is 1. The summed E-state index contributed by atoms with van der Waals surface area (Å²) in [6, 6.07) is 3.40. The van der Waals surface area contributed by atoms with Gasteiger partial charge >= 0.3 is 0 Å². The lowest BCUT2D eigenvalue weighted by Gasteiger charge is -2.09. The van der Waals surface area contributed by atoms with E-state index in [9.17, 15) is 8.42 Å². The highest BCUT2D eigenvalue weighted by Crippen LogP contribution is 2.21. The van der Waals surface area contributed by atoms with E-state index in [1.54, 1.807) is 26.1 Å². The molecule has 2 rings (SSSR count). The van der Waals surface area contributed by atoms with Crippen molar-refractivity contribution in [2.75, 3.05) is 10.5 Å². The van der Waals surface area contributed by atoms with Crippen molar-refractivity contribution in [3.05, 3.63) is 29.7 Å². The van der Waals surface area contributed by atoms with Crippen LogP contribution in [-0.2, 0) is 17.1 Å². The van der Waals surface area contributed by atoms with Crippen molar-refractivity contribution in [3.63, 3.8) is 0 Å². The van der Waals surface area contributed by atoms with Gasteiger partial charge < -0.3 is 5.73 Å². The van der Waals surface area contributed by atoms with Gasteiger partial charge in [0.1, 0.15) is 4.90 Å². The average Bonchev–Trinajstić information content (AvgIpc) is 2.63. The second kappa shape index (κ2) is 4.54. The molecule has 2 aromatic heterocycles. The first-order valence-electron chi connectivity index (χ1n) is 5.56. The van der Waals surface area contributed by atoms with Crippen molar-refractivity contribution in [2.24, 2.45) is 7.05 Å². The van der Waals surface area contributed by atoms with Crippen molar-refractivity contribution in [3.8, 4) is 0 Å². The topological polar surface area (TPSA) is 103 Å². The molecule has 0 aromatic carbocycles. The largest absolute Gasteiger partial charge is 0.381 e. The fraction of sp³-hybridized carbons (Fsp3) is 0.273. The van der Waals surface area contributed by atoms with Crippen LogP contribution in [0.15, 0.2) is 23.2 Å². The van der Waals surface area contributed by atoms with Gasteiger partial charge in [-0.05, 0) is 26.0 Å². The van der Waals surface area contributed by atoms with Crippen LogP contribution >= 0.6 is 0 Å². The highest BCUT2D eigenvalue weighted by Gasteiger charge is 2.21. The number of aromatic nitrogens is 3. The van der Waals surface area contributed by atoms with Crippen LogP contribution in [0.25, 0.3) is 0 Å². The predicted molar refractivity (Wildman–Crippen MR) is 72.1 cm³/mol. The number of anilines is 2. The van der Waals surface area contributed by atoms with Gasteiger partial charge in [0, 0.05) is 18.9 Å². The molecule has 0 aliphatic carbocycles. The second-order valence-electron chi connectivity index (χ2n) is 4.24. The predicted octanol–water partition coefficient (Wildman–Crippen LogP) is 0.815. The van der Waals surface area contributed by atoms with E-state index in [2.05, 4.69) is 14.8 Å². The molecule has 102 valence electrons. The third-order valence-electron chi connectivity index (χ3n) is 2.58. The summed E-state index contributed by atoms with van der Waals surface area (Å²) in [5.74, 6) is -0.0345. The summed E-state index contributed by atoms with van der Waals surface area (Å²) in [5, 5.41) is 3.82. The van der Waals surface area contributed by atoms with Gasteiger partial charge in [-0.25, -0.2) is 8.42 Å². The van der Waals surface area contributed by atoms with Gasteiger partial charge in [0.25, 0.3) is 10.0 Å². The summed E-state index contributed by atoms with van der Waals surface area (Å²) in [5.41, 5.74) is 7.42. The molecule has 0 amide bonds. The van der Waals surface area contributed by atoms with Gasteiger partial charge in [-0.3, -0.25) is 14.4 Å². The monoisotopic (exact) mass is 281 g/mol. The molecule has 2 heterocycles. The van der Waals surface area contributed by atoms with Crippen LogP contribution in [0.1, 0.15) is 11.4 Å². The van der Waals surface area contributed by atoms with E-state index in [0.29, 0.717) is 11.4 Å². The molecule has 0 saturated heterocycles. The van der Waals surface area contributed by atoms with Gasteiger partial charge in [-0.15, -0.1) is 0 Å². The molecular formula is C11H15N5O2S. The van der Waals surface area contributed by atoms with Crippen molar-refractivity contribution >= 4 is 21.5 Å². The van der Waals surface area contributed by atoms with E-state index in [1.807, 2.05) is 6.92 Å². The maximum atomic E-state index is 12.2. The number of aryl methyl sites for hydroxylation is 3. The maximum absolute atomic E-state index is 12.2. The first-order chi connectivity index (χ1) is 8.79. The Morgan fingerprint density at radius 1 is 1.32 bits per heavy atom. The number of rotatable bonds is 3. The summed E-state index contributed by atoms with van der Waals surface area (Å²) in [4.78, 5) is 4.15. The Kier molecular flexibility index (Phi) is 3.19. The zero-order valence-corrected chi connectivity index (χ0v) is 11.7. The number of nitrogen functional groups attached to an aromatic ring is 1. The van der Waals surface area contributed by atoms with Crippen LogP contribution in [0.4, 0.5) is 11.5 Å². The van der Waals surface area contributed by atoms with E-state index in [1.165, 1.54) is 10.9 Å². The molecule has 0 bridgehead atoms. The summed E-state index contributed by atoms with van der Waals surface area (Å²) >= 11 is 0. The lowest BCUT2D eigenvalue weighted by atomic mass is 10.3. The maximum Gasteiger partial charge on any atom is 0.267 e. The van der Waals surface area contributed by atoms with E-state index in [-0.39, 0.29) is 10.7 Å². The Balaban J connectivity index is 2.39. The van der Waals surface area contributed by atoms with Crippen molar-refractivity contribution in [2.45, 2.75) is 18.7 Å². The number of hydrogen-bond donors (Lipinski definition) is 2. The van der Waals surface area contributed by atoms with Crippen molar-refractivity contribution < 1.29 is 8.42 Å². The van der Waals surface area contributed by atoms with Crippen molar-refractivity contribution in [1.82, 2.24) is 14.8 Å². The molecule has 0 saturated carbocycles. The minimum absolute atomic E-state index is 0.0345. The Hall–Kier alpha value is -2.09. The van der Waals surface area contributed by atoms with E-state index in [0.717, 1.165) is 5.69 Å². The number of sulfonamides is 1. The molecule has 0 radical (unpaired) electrons. The number of nitrogens with one attached hydrogen (secondary N) is 1. The van der Waals surface area contributed by atoms with Crippen LogP contribution in [0.3, 0.4) is 0 Å². The van der Waals surface area contributed by atoms with Crippen LogP contribution in [0.5, 0.6) is 0 Å². The van der Waals surface area contributed by atoms with Crippen LogP contribution in [0, 0.1) is 13.8 Å². The molecule has 8 heteroatoms. The second-order valence-corrected chi connectivity index (χ2v) is 5.89. The molecule has 19 heavy (non-hydrogen) atoms. The number of hydrogen-bond acceptors (Lipinski definition) is 5. The fourth-order valence-corrected chi connectivity index (χ4v) is 2.91. The highest BCUT2D eigenvalue weighted by atomic mass is 32.2. The van der Waals surface area contributed by atoms with E-state index >= 15 is 0 Å². The smallest absolute Gasteiger partial charge is 0.267 e. The molecule has 0 aliphatic heterocycles. The Bertz CT molecular complexity index is 721. The minimum atomic E-state index is -3.76. The summed E-state index contributed by atoms with van der Waals surface area (Å²) < 4.78 is 28.2. The average molecular weight is 281 g/mol. The third-order valence-corrected chi connectivity index (χ3v) is 3.96. The molecule has 0 spiro atoms. The van der Waals surface area contributed by atoms with E-state index < -0.39 is 10.0 Å². The fourth-order valence-electron chi connectivity index (χ4n) is 1.69. The Morgan fingerprint density at radius 3 is 2.53 bits per heavy atom. The molecule has 0 atom stereocenters. The third kappa shape index (κ3) is 2.68. The molecular weight excluding hydrogens is 266 g/mol. The Labute approximate surface area is 111 Å². The zero-order chi connectivity index (χ0) is 14.2. The highest BCUT2D eigenvalue weighted by molar-refractivity contribution is 7.92.